The Labute approximate surface area is 124 Å². The number of nitrogens with zero attached hydrogens (tertiary/aromatic N) is 2. The molecule has 0 amide bonds. The Morgan fingerprint density at radius 3 is 2.63 bits per heavy atom. The van der Waals surface area contributed by atoms with E-state index in [9.17, 15) is 10.1 Å². The summed E-state index contributed by atoms with van der Waals surface area (Å²) in [7, 11) is 0. The van der Waals surface area contributed by atoms with Crippen molar-refractivity contribution in [3.05, 3.63) is 44.9 Å². The van der Waals surface area contributed by atoms with Crippen molar-refractivity contribution in [3.8, 4) is 0 Å². The third-order valence-corrected chi connectivity index (χ3v) is 4.68. The van der Waals surface area contributed by atoms with Crippen molar-refractivity contribution in [3.63, 3.8) is 0 Å². The van der Waals surface area contributed by atoms with Crippen LogP contribution in [-0.4, -0.2) is 19.7 Å². The number of rotatable bonds is 2. The van der Waals surface area contributed by atoms with Crippen LogP contribution >= 0.6 is 22.6 Å². The van der Waals surface area contributed by atoms with E-state index < -0.39 is 9.59 Å². The number of hydrogen-bond donors (Lipinski definition) is 1. The average Bonchev–Trinajstić information content (AvgIpc) is 2.64. The molecular weight excluding hydrogens is 361 g/mol. The molecular formula is C12H14IN3O3. The molecule has 1 heterocycles. The summed E-state index contributed by atoms with van der Waals surface area (Å²) in [5, 5.41) is 15.2. The summed E-state index contributed by atoms with van der Waals surface area (Å²) in [4.78, 5) is 10.9. The van der Waals surface area contributed by atoms with E-state index in [1.54, 1.807) is 41.7 Å². The van der Waals surface area contributed by atoms with Gasteiger partial charge < -0.3 is 10.3 Å². The van der Waals surface area contributed by atoms with Crippen LogP contribution in [0.2, 0.25) is 0 Å². The number of aryl methyl sites for hydroxylation is 2. The SMILES string of the molecule is CC1=CC(N)C(I)([N+](=O)[O-])C=C1c1c(C)noc1C. The highest BCUT2D eigenvalue weighted by Gasteiger charge is 2.46. The lowest BCUT2D eigenvalue weighted by Crippen LogP contribution is -2.48. The van der Waals surface area contributed by atoms with Crippen LogP contribution in [-0.2, 0) is 0 Å². The fourth-order valence-electron chi connectivity index (χ4n) is 2.20. The average molecular weight is 375 g/mol. The summed E-state index contributed by atoms with van der Waals surface area (Å²) in [5.74, 6) is 0.647. The number of nitro groups is 1. The Kier molecular flexibility index (Phi) is 3.52. The predicted octanol–water partition coefficient (Wildman–Crippen LogP) is 2.37. The van der Waals surface area contributed by atoms with Crippen LogP contribution in [0.25, 0.3) is 5.57 Å². The molecule has 1 aromatic heterocycles. The molecule has 2 unspecified atom stereocenters. The zero-order valence-corrected chi connectivity index (χ0v) is 13.0. The van der Waals surface area contributed by atoms with Crippen molar-refractivity contribution in [2.75, 3.05) is 0 Å². The minimum Gasteiger partial charge on any atom is -0.361 e. The predicted molar refractivity (Wildman–Crippen MR) is 79.4 cm³/mol. The molecule has 19 heavy (non-hydrogen) atoms. The molecule has 102 valence electrons. The van der Waals surface area contributed by atoms with E-state index in [4.69, 9.17) is 10.3 Å². The number of hydrogen-bond acceptors (Lipinski definition) is 5. The van der Waals surface area contributed by atoms with Crippen molar-refractivity contribution in [2.45, 2.75) is 30.4 Å². The summed E-state index contributed by atoms with van der Waals surface area (Å²) >= 11 is 1.78. The van der Waals surface area contributed by atoms with Gasteiger partial charge in [0.05, 0.1) is 5.69 Å². The highest BCUT2D eigenvalue weighted by Crippen LogP contribution is 2.39. The first-order valence-corrected chi connectivity index (χ1v) is 6.79. The van der Waals surface area contributed by atoms with E-state index >= 15 is 0 Å². The topological polar surface area (TPSA) is 95.2 Å². The van der Waals surface area contributed by atoms with Crippen molar-refractivity contribution in [1.29, 1.82) is 0 Å². The monoisotopic (exact) mass is 375 g/mol. The van der Waals surface area contributed by atoms with Gasteiger partial charge >= 0.3 is 3.55 Å². The van der Waals surface area contributed by atoms with Crippen molar-refractivity contribution in [1.82, 2.24) is 5.16 Å². The molecule has 0 radical (unpaired) electrons. The first-order chi connectivity index (χ1) is 8.77. The smallest absolute Gasteiger partial charge is 0.306 e. The number of nitrogens with two attached hydrogens (primary N) is 1. The lowest BCUT2D eigenvalue weighted by atomic mass is 9.88. The minimum absolute atomic E-state index is 0.362. The van der Waals surface area contributed by atoms with Gasteiger partial charge in [-0.15, -0.1) is 0 Å². The molecule has 2 N–H and O–H groups in total. The molecule has 2 rings (SSSR count). The molecule has 0 spiro atoms. The van der Waals surface area contributed by atoms with E-state index in [1.165, 1.54) is 0 Å². The molecule has 1 aliphatic carbocycles. The highest BCUT2D eigenvalue weighted by molar-refractivity contribution is 14.1. The van der Waals surface area contributed by atoms with Gasteiger partial charge in [0.2, 0.25) is 0 Å². The van der Waals surface area contributed by atoms with Gasteiger partial charge in [0.15, 0.2) is 0 Å². The number of allylic oxidation sites excluding steroid dienone is 2. The summed E-state index contributed by atoms with van der Waals surface area (Å²) in [6.07, 6.45) is 3.32. The standard InChI is InChI=1S/C12H14IN3O3/c1-6-4-10(14)12(13,16(17)18)5-9(6)11-7(2)15-19-8(11)3/h4-5,10H,14H2,1-3H3. The van der Waals surface area contributed by atoms with Gasteiger partial charge in [0.1, 0.15) is 11.8 Å². The van der Waals surface area contributed by atoms with Crippen LogP contribution in [0, 0.1) is 24.0 Å². The molecule has 0 saturated carbocycles. The summed E-state index contributed by atoms with van der Waals surface area (Å²) in [6, 6.07) is -0.660. The quantitative estimate of drug-likeness (QED) is 0.282. The van der Waals surface area contributed by atoms with Crippen LogP contribution < -0.4 is 5.73 Å². The van der Waals surface area contributed by atoms with Gasteiger partial charge in [0, 0.05) is 39.2 Å². The lowest BCUT2D eigenvalue weighted by Gasteiger charge is -2.26. The van der Waals surface area contributed by atoms with Gasteiger partial charge in [-0.3, -0.25) is 10.1 Å². The number of aromatic nitrogens is 1. The Bertz CT molecular complexity index is 586. The van der Waals surface area contributed by atoms with Crippen LogP contribution in [0.5, 0.6) is 0 Å². The molecule has 7 heteroatoms. The second-order valence-electron chi connectivity index (χ2n) is 4.62. The molecule has 0 saturated heterocycles. The fraction of sp³-hybridized carbons (Fsp3) is 0.417. The van der Waals surface area contributed by atoms with E-state index in [0.717, 1.165) is 16.7 Å². The van der Waals surface area contributed by atoms with Gasteiger partial charge in [0.25, 0.3) is 0 Å². The zero-order chi connectivity index (χ0) is 14.4. The second kappa shape index (κ2) is 4.71. The third kappa shape index (κ3) is 2.20. The molecule has 0 bridgehead atoms. The van der Waals surface area contributed by atoms with E-state index in [-0.39, 0.29) is 4.92 Å². The Morgan fingerprint density at radius 1 is 1.53 bits per heavy atom. The molecule has 1 aromatic rings. The van der Waals surface area contributed by atoms with Crippen LogP contribution in [0.3, 0.4) is 0 Å². The normalized spacial score (nSPS) is 26.9. The maximum absolute atomic E-state index is 11.3. The first-order valence-electron chi connectivity index (χ1n) is 5.71. The lowest BCUT2D eigenvalue weighted by molar-refractivity contribution is -0.518. The van der Waals surface area contributed by atoms with E-state index in [1.807, 2.05) is 13.8 Å². The molecule has 0 fully saturated rings. The summed E-state index contributed by atoms with van der Waals surface area (Å²) in [6.45, 7) is 5.49. The maximum atomic E-state index is 11.3. The van der Waals surface area contributed by atoms with Crippen LogP contribution in [0.1, 0.15) is 23.9 Å². The van der Waals surface area contributed by atoms with Gasteiger partial charge in [-0.2, -0.15) is 0 Å². The van der Waals surface area contributed by atoms with E-state index in [2.05, 4.69) is 5.16 Å². The van der Waals surface area contributed by atoms with Gasteiger partial charge in [-0.25, -0.2) is 0 Å². The fourth-order valence-corrected chi connectivity index (χ4v) is 2.69. The third-order valence-electron chi connectivity index (χ3n) is 3.25. The molecule has 6 nitrogen and oxygen atoms in total. The Morgan fingerprint density at radius 2 is 2.16 bits per heavy atom. The second-order valence-corrected chi connectivity index (χ2v) is 6.35. The first kappa shape index (κ1) is 14.2. The maximum Gasteiger partial charge on any atom is 0.306 e. The molecule has 1 aliphatic rings. The Balaban J connectivity index is 2.62. The highest BCUT2D eigenvalue weighted by atomic mass is 127. The van der Waals surface area contributed by atoms with E-state index in [0.29, 0.717) is 11.5 Å². The zero-order valence-electron chi connectivity index (χ0n) is 10.8. The van der Waals surface area contributed by atoms with Crippen molar-refractivity contribution < 1.29 is 9.45 Å². The van der Waals surface area contributed by atoms with Crippen LogP contribution in [0.15, 0.2) is 22.2 Å². The summed E-state index contributed by atoms with van der Waals surface area (Å²) < 4.78 is 3.79. The molecule has 2 atom stereocenters. The van der Waals surface area contributed by atoms with Gasteiger partial charge in [-0.05, 0) is 31.9 Å². The minimum atomic E-state index is -1.34. The molecule has 0 aromatic carbocycles. The number of alkyl halides is 1. The van der Waals surface area contributed by atoms with Crippen LogP contribution in [0.4, 0.5) is 0 Å². The van der Waals surface area contributed by atoms with Gasteiger partial charge in [-0.1, -0.05) is 11.2 Å². The number of halogens is 1. The Hall–Kier alpha value is -1.22. The summed E-state index contributed by atoms with van der Waals surface area (Å²) in [5.41, 5.74) is 9.08. The largest absolute Gasteiger partial charge is 0.361 e. The van der Waals surface area contributed by atoms with Crippen molar-refractivity contribution in [2.24, 2.45) is 5.73 Å². The molecule has 0 aliphatic heterocycles. The van der Waals surface area contributed by atoms with Crippen molar-refractivity contribution >= 4 is 28.2 Å².